The lowest BCUT2D eigenvalue weighted by Crippen LogP contribution is -2.19. The van der Waals surface area contributed by atoms with E-state index in [1.807, 2.05) is 32.9 Å². The van der Waals surface area contributed by atoms with Gasteiger partial charge in [0.25, 0.3) is 0 Å². The van der Waals surface area contributed by atoms with E-state index in [0.717, 1.165) is 10.9 Å². The first-order valence-electron chi connectivity index (χ1n) is 5.97. The van der Waals surface area contributed by atoms with E-state index in [1.165, 1.54) is 6.92 Å². The zero-order chi connectivity index (χ0) is 13.5. The highest BCUT2D eigenvalue weighted by Gasteiger charge is 2.23. The maximum Gasteiger partial charge on any atom is 0.175 e. The largest absolute Gasteiger partial charge is 0.352 e. The van der Waals surface area contributed by atoms with Gasteiger partial charge in [-0.15, -0.1) is 0 Å². The van der Waals surface area contributed by atoms with Crippen molar-refractivity contribution in [3.05, 3.63) is 35.5 Å². The van der Waals surface area contributed by atoms with E-state index in [2.05, 4.69) is 4.98 Å². The molecule has 0 bridgehead atoms. The lowest BCUT2D eigenvalue weighted by Gasteiger charge is -2.16. The van der Waals surface area contributed by atoms with E-state index in [1.54, 1.807) is 12.1 Å². The molecule has 1 aromatic heterocycles. The van der Waals surface area contributed by atoms with Gasteiger partial charge in [0.15, 0.2) is 11.6 Å². The Morgan fingerprint density at radius 2 is 1.78 bits per heavy atom. The number of ketones is 2. The summed E-state index contributed by atoms with van der Waals surface area (Å²) >= 11 is 0. The summed E-state index contributed by atoms with van der Waals surface area (Å²) in [7, 11) is 0. The summed E-state index contributed by atoms with van der Waals surface area (Å²) in [6.07, 6.45) is 0. The van der Waals surface area contributed by atoms with E-state index in [-0.39, 0.29) is 11.6 Å². The van der Waals surface area contributed by atoms with E-state index >= 15 is 0 Å². The Morgan fingerprint density at radius 1 is 1.11 bits per heavy atom. The molecule has 0 saturated heterocycles. The number of nitrogens with one attached hydrogen (secondary N) is 1. The molecule has 3 heteroatoms. The maximum absolute atomic E-state index is 12.2. The second kappa shape index (κ2) is 4.09. The highest BCUT2D eigenvalue weighted by molar-refractivity contribution is 6.04. The normalized spacial score (nSPS) is 11.8. The average molecular weight is 243 g/mol. The van der Waals surface area contributed by atoms with Crippen LogP contribution in [-0.2, 0) is 0 Å². The molecule has 94 valence electrons. The Balaban J connectivity index is 2.51. The summed E-state index contributed by atoms with van der Waals surface area (Å²) in [5, 5.41) is 0.898. The minimum atomic E-state index is -0.395. The summed E-state index contributed by atoms with van der Waals surface area (Å²) in [6, 6.07) is 7.28. The molecule has 0 spiro atoms. The molecule has 2 aromatic rings. The first-order chi connectivity index (χ1) is 8.29. The number of aromatic amines is 1. The van der Waals surface area contributed by atoms with Crippen molar-refractivity contribution in [2.24, 2.45) is 5.41 Å². The number of benzene rings is 1. The number of hydrogen-bond acceptors (Lipinski definition) is 2. The summed E-state index contributed by atoms with van der Waals surface area (Å²) in [4.78, 5) is 26.5. The average Bonchev–Trinajstić information content (AvgIpc) is 2.69. The fourth-order valence-electron chi connectivity index (χ4n) is 1.90. The number of H-pyrrole nitrogens is 1. The quantitative estimate of drug-likeness (QED) is 0.819. The fourth-order valence-corrected chi connectivity index (χ4v) is 1.90. The molecule has 2 rings (SSSR count). The highest BCUT2D eigenvalue weighted by atomic mass is 16.1. The van der Waals surface area contributed by atoms with Gasteiger partial charge in [0.05, 0.1) is 5.69 Å². The van der Waals surface area contributed by atoms with Gasteiger partial charge in [0, 0.05) is 28.8 Å². The number of aromatic nitrogens is 1. The van der Waals surface area contributed by atoms with E-state index < -0.39 is 5.41 Å². The molecule has 0 aliphatic carbocycles. The van der Waals surface area contributed by atoms with Crippen LogP contribution in [0.1, 0.15) is 48.5 Å². The van der Waals surface area contributed by atoms with Crippen molar-refractivity contribution in [1.82, 2.24) is 4.98 Å². The summed E-state index contributed by atoms with van der Waals surface area (Å²) < 4.78 is 0. The molecule has 0 fully saturated rings. The van der Waals surface area contributed by atoms with Crippen LogP contribution in [0.4, 0.5) is 0 Å². The van der Waals surface area contributed by atoms with Gasteiger partial charge in [-0.3, -0.25) is 9.59 Å². The zero-order valence-electron chi connectivity index (χ0n) is 11.1. The second-order valence-electron chi connectivity index (χ2n) is 5.62. The van der Waals surface area contributed by atoms with Gasteiger partial charge in [0.2, 0.25) is 0 Å². The van der Waals surface area contributed by atoms with Gasteiger partial charge in [-0.2, -0.15) is 0 Å². The number of Topliss-reactive ketones (excluding diaryl/α,β-unsaturated/α-hetero) is 2. The molecular weight excluding hydrogens is 226 g/mol. The molecule has 1 aromatic carbocycles. The Morgan fingerprint density at radius 3 is 2.33 bits per heavy atom. The molecule has 1 N–H and O–H groups in total. The molecule has 0 atom stereocenters. The maximum atomic E-state index is 12.2. The number of carbonyl (C=O) groups excluding carboxylic acids is 2. The lowest BCUT2D eigenvalue weighted by atomic mass is 9.86. The minimum absolute atomic E-state index is 0.00472. The Bertz CT molecular complexity index is 629. The van der Waals surface area contributed by atoms with Crippen LogP contribution in [0.25, 0.3) is 10.9 Å². The topological polar surface area (TPSA) is 49.9 Å². The van der Waals surface area contributed by atoms with Crippen LogP contribution in [0.2, 0.25) is 0 Å². The number of fused-ring (bicyclic) bond motifs is 1. The number of rotatable bonds is 2. The lowest BCUT2D eigenvalue weighted by molar-refractivity contribution is 0.0858. The molecule has 0 aliphatic rings. The van der Waals surface area contributed by atoms with E-state index in [9.17, 15) is 9.59 Å². The van der Waals surface area contributed by atoms with Crippen LogP contribution in [0.5, 0.6) is 0 Å². The van der Waals surface area contributed by atoms with E-state index in [0.29, 0.717) is 11.3 Å². The SMILES string of the molecule is CC(=O)c1cc2cc(C(=O)C(C)(C)C)ccc2[nH]1. The summed E-state index contributed by atoms with van der Waals surface area (Å²) in [6.45, 7) is 7.22. The van der Waals surface area contributed by atoms with Gasteiger partial charge in [0.1, 0.15) is 0 Å². The molecule has 18 heavy (non-hydrogen) atoms. The third-order valence-electron chi connectivity index (χ3n) is 2.94. The summed E-state index contributed by atoms with van der Waals surface area (Å²) in [5.74, 6) is 0.102. The van der Waals surface area contributed by atoms with Crippen molar-refractivity contribution in [2.75, 3.05) is 0 Å². The van der Waals surface area contributed by atoms with Gasteiger partial charge in [-0.05, 0) is 24.3 Å². The van der Waals surface area contributed by atoms with Crippen LogP contribution in [0, 0.1) is 5.41 Å². The Kier molecular flexibility index (Phi) is 2.85. The van der Waals surface area contributed by atoms with Crippen LogP contribution in [0.3, 0.4) is 0 Å². The molecule has 0 aliphatic heterocycles. The molecule has 0 unspecified atom stereocenters. The molecule has 0 radical (unpaired) electrons. The van der Waals surface area contributed by atoms with Gasteiger partial charge in [-0.25, -0.2) is 0 Å². The minimum Gasteiger partial charge on any atom is -0.352 e. The van der Waals surface area contributed by atoms with Crippen molar-refractivity contribution < 1.29 is 9.59 Å². The van der Waals surface area contributed by atoms with Crippen molar-refractivity contribution in [3.63, 3.8) is 0 Å². The number of carbonyl (C=O) groups is 2. The molecule has 0 saturated carbocycles. The molecule has 3 nitrogen and oxygen atoms in total. The van der Waals surface area contributed by atoms with Gasteiger partial charge in [-0.1, -0.05) is 20.8 Å². The van der Waals surface area contributed by atoms with Gasteiger partial charge < -0.3 is 4.98 Å². The Labute approximate surface area is 106 Å². The van der Waals surface area contributed by atoms with Crippen LogP contribution in [-0.4, -0.2) is 16.6 Å². The van der Waals surface area contributed by atoms with Crippen LogP contribution < -0.4 is 0 Å². The van der Waals surface area contributed by atoms with Crippen LogP contribution in [0.15, 0.2) is 24.3 Å². The zero-order valence-corrected chi connectivity index (χ0v) is 11.1. The van der Waals surface area contributed by atoms with Crippen molar-refractivity contribution in [3.8, 4) is 0 Å². The van der Waals surface area contributed by atoms with Crippen molar-refractivity contribution in [1.29, 1.82) is 0 Å². The first-order valence-corrected chi connectivity index (χ1v) is 5.97. The van der Waals surface area contributed by atoms with E-state index in [4.69, 9.17) is 0 Å². The Hall–Kier alpha value is -1.90. The van der Waals surface area contributed by atoms with Crippen molar-refractivity contribution >= 4 is 22.5 Å². The van der Waals surface area contributed by atoms with Crippen LogP contribution >= 0.6 is 0 Å². The first kappa shape index (κ1) is 12.6. The standard InChI is InChI=1S/C15H17NO2/c1-9(17)13-8-11-7-10(5-6-12(11)16-13)14(18)15(2,3)4/h5-8,16H,1-4H3. The fraction of sp³-hybridized carbons (Fsp3) is 0.333. The van der Waals surface area contributed by atoms with Crippen molar-refractivity contribution in [2.45, 2.75) is 27.7 Å². The smallest absolute Gasteiger partial charge is 0.175 e. The third-order valence-corrected chi connectivity index (χ3v) is 2.94. The third kappa shape index (κ3) is 2.21. The summed E-state index contributed by atoms with van der Waals surface area (Å²) in [5.41, 5.74) is 1.74. The molecule has 1 heterocycles. The predicted molar refractivity (Wildman–Crippen MR) is 72.1 cm³/mol. The molecular formula is C15H17NO2. The molecule has 0 amide bonds. The predicted octanol–water partition coefficient (Wildman–Crippen LogP) is 3.60. The second-order valence-corrected chi connectivity index (χ2v) is 5.62. The number of hydrogen-bond donors (Lipinski definition) is 1. The highest BCUT2D eigenvalue weighted by Crippen LogP contribution is 2.24. The van der Waals surface area contributed by atoms with Gasteiger partial charge >= 0.3 is 0 Å². The monoisotopic (exact) mass is 243 g/mol.